The number of halogens is 6. The highest BCUT2D eigenvalue weighted by Crippen LogP contribution is 2.32. The smallest absolute Gasteiger partial charge is 0.434 e. The standard InChI is InChI=1S/C13H6F6NO/c14-12(15,16)8-4-6-9(7-5-8)21-11-3-1-2-10(20-11)13(17,18)19/h1,3-7H. The van der Waals surface area contributed by atoms with Gasteiger partial charge in [-0.25, -0.2) is 4.98 Å². The van der Waals surface area contributed by atoms with Gasteiger partial charge in [0.05, 0.1) is 5.56 Å². The maximum absolute atomic E-state index is 12.4. The molecule has 0 amide bonds. The Hall–Kier alpha value is -2.25. The molecule has 2 rings (SSSR count). The molecule has 8 heteroatoms. The molecule has 0 bridgehead atoms. The lowest BCUT2D eigenvalue weighted by molar-refractivity contribution is -0.141. The van der Waals surface area contributed by atoms with Crippen LogP contribution in [-0.4, -0.2) is 4.98 Å². The molecule has 2 nitrogen and oxygen atoms in total. The topological polar surface area (TPSA) is 22.1 Å². The molecule has 0 N–H and O–H groups in total. The van der Waals surface area contributed by atoms with Crippen LogP contribution in [0.25, 0.3) is 0 Å². The summed E-state index contributed by atoms with van der Waals surface area (Å²) in [6.45, 7) is 0. The summed E-state index contributed by atoms with van der Waals surface area (Å²) >= 11 is 0. The molecule has 0 aliphatic carbocycles. The molecule has 1 heterocycles. The Balaban J connectivity index is 2.19. The zero-order chi connectivity index (χ0) is 15.7. The van der Waals surface area contributed by atoms with E-state index in [0.717, 1.165) is 36.4 Å². The van der Waals surface area contributed by atoms with Crippen molar-refractivity contribution in [2.75, 3.05) is 0 Å². The summed E-state index contributed by atoms with van der Waals surface area (Å²) in [5, 5.41) is 0. The number of alkyl halides is 6. The number of benzene rings is 1. The van der Waals surface area contributed by atoms with Crippen molar-refractivity contribution in [3.8, 4) is 11.6 Å². The number of ether oxygens (including phenoxy) is 1. The monoisotopic (exact) mass is 306 g/mol. The lowest BCUT2D eigenvalue weighted by atomic mass is 10.2. The Morgan fingerprint density at radius 3 is 2.00 bits per heavy atom. The van der Waals surface area contributed by atoms with Crippen molar-refractivity contribution in [2.24, 2.45) is 0 Å². The average molecular weight is 306 g/mol. The van der Waals surface area contributed by atoms with Crippen LogP contribution >= 0.6 is 0 Å². The van der Waals surface area contributed by atoms with E-state index in [9.17, 15) is 26.3 Å². The van der Waals surface area contributed by atoms with E-state index in [0.29, 0.717) is 0 Å². The molecule has 2 aromatic rings. The summed E-state index contributed by atoms with van der Waals surface area (Å²) < 4.78 is 79.3. The normalized spacial score (nSPS) is 12.3. The fourth-order valence-corrected chi connectivity index (χ4v) is 1.41. The third-order valence-corrected chi connectivity index (χ3v) is 2.34. The van der Waals surface area contributed by atoms with Crippen molar-refractivity contribution in [1.29, 1.82) is 0 Å². The van der Waals surface area contributed by atoms with E-state index in [-0.39, 0.29) is 11.6 Å². The van der Waals surface area contributed by atoms with Gasteiger partial charge in [-0.1, -0.05) is 0 Å². The van der Waals surface area contributed by atoms with Gasteiger partial charge in [-0.05, 0) is 30.3 Å². The number of hydrogen-bond acceptors (Lipinski definition) is 2. The second kappa shape index (κ2) is 5.27. The SMILES string of the molecule is FC(F)(F)c1ccc(Oc2cc[c]c(C(F)(F)F)n2)cc1. The van der Waals surface area contributed by atoms with Crippen LogP contribution in [-0.2, 0) is 12.4 Å². The van der Waals surface area contributed by atoms with Crippen molar-refractivity contribution in [1.82, 2.24) is 4.98 Å². The first-order valence-electron chi connectivity index (χ1n) is 5.47. The molecule has 0 saturated carbocycles. The third-order valence-electron chi connectivity index (χ3n) is 2.34. The molecule has 0 atom stereocenters. The Kier molecular flexibility index (Phi) is 3.80. The van der Waals surface area contributed by atoms with Gasteiger partial charge >= 0.3 is 12.4 Å². The molecule has 0 saturated heterocycles. The maximum Gasteiger partial charge on any atom is 0.434 e. The summed E-state index contributed by atoms with van der Waals surface area (Å²) in [6.07, 6.45) is -9.18. The van der Waals surface area contributed by atoms with Crippen molar-refractivity contribution < 1.29 is 31.1 Å². The minimum absolute atomic E-state index is 0.0603. The highest BCUT2D eigenvalue weighted by atomic mass is 19.4. The highest BCUT2D eigenvalue weighted by Gasteiger charge is 2.33. The minimum Gasteiger partial charge on any atom is -0.439 e. The highest BCUT2D eigenvalue weighted by molar-refractivity contribution is 5.32. The van der Waals surface area contributed by atoms with E-state index >= 15 is 0 Å². The van der Waals surface area contributed by atoms with Crippen LogP contribution < -0.4 is 4.74 Å². The molecule has 0 unspecified atom stereocenters. The number of hydrogen-bond donors (Lipinski definition) is 0. The van der Waals surface area contributed by atoms with E-state index in [1.807, 2.05) is 6.07 Å². The molecule has 0 aliphatic heterocycles. The van der Waals surface area contributed by atoms with Crippen LogP contribution in [0.15, 0.2) is 36.4 Å². The molecule has 0 fully saturated rings. The summed E-state index contributed by atoms with van der Waals surface area (Å²) in [7, 11) is 0. The van der Waals surface area contributed by atoms with Crippen molar-refractivity contribution in [2.45, 2.75) is 12.4 Å². The first kappa shape index (κ1) is 15.1. The Labute approximate surface area is 115 Å². The quantitative estimate of drug-likeness (QED) is 0.750. The maximum atomic E-state index is 12.4. The van der Waals surface area contributed by atoms with Gasteiger partial charge in [0.1, 0.15) is 5.75 Å². The van der Waals surface area contributed by atoms with E-state index < -0.39 is 23.6 Å². The number of aromatic nitrogens is 1. The van der Waals surface area contributed by atoms with Gasteiger partial charge in [0.15, 0.2) is 5.69 Å². The summed E-state index contributed by atoms with van der Waals surface area (Å²) in [6, 6.07) is 7.49. The van der Waals surface area contributed by atoms with Gasteiger partial charge < -0.3 is 4.74 Å². The van der Waals surface area contributed by atoms with Crippen LogP contribution in [0.4, 0.5) is 26.3 Å². The van der Waals surface area contributed by atoms with Crippen molar-refractivity contribution in [3.05, 3.63) is 53.7 Å². The van der Waals surface area contributed by atoms with Crippen molar-refractivity contribution in [3.63, 3.8) is 0 Å². The van der Waals surface area contributed by atoms with Gasteiger partial charge in [0, 0.05) is 12.1 Å². The van der Waals surface area contributed by atoms with Crippen LogP contribution in [0.3, 0.4) is 0 Å². The molecule has 111 valence electrons. The predicted octanol–water partition coefficient (Wildman–Crippen LogP) is 4.71. The van der Waals surface area contributed by atoms with Gasteiger partial charge in [-0.3, -0.25) is 0 Å². The van der Waals surface area contributed by atoms with E-state index in [4.69, 9.17) is 4.74 Å². The summed E-state index contributed by atoms with van der Waals surface area (Å²) in [4.78, 5) is 3.19. The van der Waals surface area contributed by atoms with Gasteiger partial charge in [-0.2, -0.15) is 26.3 Å². The molecular weight excluding hydrogens is 300 g/mol. The number of nitrogens with zero attached hydrogens (tertiary/aromatic N) is 1. The zero-order valence-corrected chi connectivity index (χ0v) is 10.1. The number of rotatable bonds is 2. The van der Waals surface area contributed by atoms with Crippen LogP contribution in [0.1, 0.15) is 11.3 Å². The van der Waals surface area contributed by atoms with E-state index in [1.165, 1.54) is 0 Å². The van der Waals surface area contributed by atoms with Gasteiger partial charge in [0.25, 0.3) is 0 Å². The molecule has 0 spiro atoms. The minimum atomic E-state index is -4.68. The fourth-order valence-electron chi connectivity index (χ4n) is 1.41. The Morgan fingerprint density at radius 2 is 1.48 bits per heavy atom. The Bertz CT molecular complexity index is 618. The van der Waals surface area contributed by atoms with Crippen molar-refractivity contribution >= 4 is 0 Å². The molecule has 0 aliphatic rings. The molecule has 1 aromatic carbocycles. The zero-order valence-electron chi connectivity index (χ0n) is 10.1. The van der Waals surface area contributed by atoms with Gasteiger partial charge in [-0.15, -0.1) is 0 Å². The van der Waals surface area contributed by atoms with Crippen LogP contribution in [0.5, 0.6) is 11.6 Å². The van der Waals surface area contributed by atoms with Crippen LogP contribution in [0.2, 0.25) is 0 Å². The van der Waals surface area contributed by atoms with Gasteiger partial charge in [0.2, 0.25) is 5.88 Å². The summed E-state index contributed by atoms with van der Waals surface area (Å²) in [5.41, 5.74) is -2.16. The van der Waals surface area contributed by atoms with Crippen LogP contribution in [0, 0.1) is 6.07 Å². The number of pyridine rings is 1. The first-order valence-corrected chi connectivity index (χ1v) is 5.47. The molecule has 1 aromatic heterocycles. The second-order valence-electron chi connectivity index (χ2n) is 3.90. The molecule has 1 radical (unpaired) electrons. The molecular formula is C13H6F6NO. The lowest BCUT2D eigenvalue weighted by Gasteiger charge is -2.10. The average Bonchev–Trinajstić information content (AvgIpc) is 2.37. The lowest BCUT2D eigenvalue weighted by Crippen LogP contribution is -2.08. The fraction of sp³-hybridized carbons (Fsp3) is 0.154. The Morgan fingerprint density at radius 1 is 0.857 bits per heavy atom. The van der Waals surface area contributed by atoms with E-state index in [1.54, 1.807) is 0 Å². The first-order chi connectivity index (χ1) is 9.66. The predicted molar refractivity (Wildman–Crippen MR) is 59.6 cm³/mol. The largest absolute Gasteiger partial charge is 0.439 e. The van der Waals surface area contributed by atoms with E-state index in [2.05, 4.69) is 4.98 Å². The second-order valence-corrected chi connectivity index (χ2v) is 3.90. The molecule has 21 heavy (non-hydrogen) atoms. The third kappa shape index (κ3) is 3.87. The summed E-state index contributed by atoms with van der Waals surface area (Å²) in [5.74, 6) is -0.448.